The number of amides is 1. The largest absolute Gasteiger partial charge is 0.465 e. The molecule has 1 aromatic heterocycles. The molecule has 2 aromatic rings. The zero-order chi connectivity index (χ0) is 15.9. The van der Waals surface area contributed by atoms with Gasteiger partial charge in [0.1, 0.15) is 5.01 Å². The van der Waals surface area contributed by atoms with E-state index < -0.39 is 5.97 Å². The van der Waals surface area contributed by atoms with Crippen LogP contribution in [0.15, 0.2) is 29.6 Å². The summed E-state index contributed by atoms with van der Waals surface area (Å²) in [5, 5.41) is 5.40. The monoisotopic (exact) mass is 320 g/mol. The van der Waals surface area contributed by atoms with E-state index in [1.165, 1.54) is 18.4 Å². The Morgan fingerprint density at radius 3 is 2.86 bits per heavy atom. The van der Waals surface area contributed by atoms with Crippen molar-refractivity contribution in [2.75, 3.05) is 19.5 Å². The summed E-state index contributed by atoms with van der Waals surface area (Å²) < 4.78 is 9.64. The van der Waals surface area contributed by atoms with Gasteiger partial charge in [-0.05, 0) is 18.2 Å². The molecule has 0 fully saturated rings. The third-order valence-electron chi connectivity index (χ3n) is 2.78. The van der Waals surface area contributed by atoms with Crippen molar-refractivity contribution in [3.05, 3.63) is 45.9 Å². The Hall–Kier alpha value is -2.25. The summed E-state index contributed by atoms with van der Waals surface area (Å²) >= 11 is 1.45. The van der Waals surface area contributed by atoms with E-state index in [-0.39, 0.29) is 12.3 Å². The normalized spacial score (nSPS) is 10.3. The third-order valence-corrected chi connectivity index (χ3v) is 3.65. The standard InChI is InChI=1S/C15H16N2O4S/c1-20-8-14-17-12(9-22-14)7-13(18)16-11-5-3-4-10(6-11)15(19)21-2/h3-6,9H,7-8H2,1-2H3,(H,16,18). The number of hydrogen-bond acceptors (Lipinski definition) is 6. The lowest BCUT2D eigenvalue weighted by molar-refractivity contribution is -0.115. The molecule has 6 nitrogen and oxygen atoms in total. The van der Waals surface area contributed by atoms with Crippen LogP contribution >= 0.6 is 11.3 Å². The van der Waals surface area contributed by atoms with E-state index in [1.54, 1.807) is 31.4 Å². The number of esters is 1. The Kier molecular flexibility index (Phi) is 5.62. The van der Waals surface area contributed by atoms with Gasteiger partial charge < -0.3 is 14.8 Å². The number of rotatable bonds is 6. The average molecular weight is 320 g/mol. The van der Waals surface area contributed by atoms with Crippen molar-refractivity contribution in [3.63, 3.8) is 0 Å². The highest BCUT2D eigenvalue weighted by Gasteiger charge is 2.10. The predicted octanol–water partition coefficient (Wildman–Crippen LogP) is 2.26. The third kappa shape index (κ3) is 4.37. The molecule has 0 aliphatic carbocycles. The molecule has 0 bridgehead atoms. The summed E-state index contributed by atoms with van der Waals surface area (Å²) in [5.41, 5.74) is 1.62. The number of carbonyl (C=O) groups is 2. The summed E-state index contributed by atoms with van der Waals surface area (Å²) in [5.74, 6) is -0.643. The van der Waals surface area contributed by atoms with Crippen molar-refractivity contribution in [1.82, 2.24) is 4.98 Å². The van der Waals surface area contributed by atoms with Gasteiger partial charge in [-0.1, -0.05) is 6.07 Å². The zero-order valence-electron chi connectivity index (χ0n) is 12.3. The van der Waals surface area contributed by atoms with Gasteiger partial charge in [-0.25, -0.2) is 9.78 Å². The predicted molar refractivity (Wildman–Crippen MR) is 82.9 cm³/mol. The Morgan fingerprint density at radius 1 is 1.32 bits per heavy atom. The van der Waals surface area contributed by atoms with Crippen molar-refractivity contribution >= 4 is 28.9 Å². The molecule has 22 heavy (non-hydrogen) atoms. The topological polar surface area (TPSA) is 77.5 Å². The Labute approximate surface area is 132 Å². The maximum Gasteiger partial charge on any atom is 0.337 e. The molecule has 7 heteroatoms. The average Bonchev–Trinajstić information content (AvgIpc) is 2.94. The highest BCUT2D eigenvalue weighted by molar-refractivity contribution is 7.09. The molecule has 0 saturated carbocycles. The number of thiazole rings is 1. The van der Waals surface area contributed by atoms with Gasteiger partial charge in [-0.15, -0.1) is 11.3 Å². The summed E-state index contributed by atoms with van der Waals surface area (Å²) in [6, 6.07) is 6.59. The molecule has 116 valence electrons. The van der Waals surface area contributed by atoms with Crippen LogP contribution in [0.4, 0.5) is 5.69 Å². The summed E-state index contributed by atoms with van der Waals surface area (Å²) in [6.07, 6.45) is 0.169. The molecule has 0 aliphatic heterocycles. The molecular formula is C15H16N2O4S. The molecule has 0 unspecified atom stereocenters. The second-order valence-electron chi connectivity index (χ2n) is 4.46. The van der Waals surface area contributed by atoms with Crippen LogP contribution in [0, 0.1) is 0 Å². The van der Waals surface area contributed by atoms with E-state index in [0.29, 0.717) is 23.6 Å². The number of aromatic nitrogens is 1. The minimum absolute atomic E-state index is 0.169. The van der Waals surface area contributed by atoms with Crippen LogP contribution < -0.4 is 5.32 Å². The molecule has 0 spiro atoms. The quantitative estimate of drug-likeness (QED) is 0.826. The molecule has 1 N–H and O–H groups in total. The molecule has 0 radical (unpaired) electrons. The van der Waals surface area contributed by atoms with Crippen LogP contribution in [-0.4, -0.2) is 31.1 Å². The molecule has 0 atom stereocenters. The van der Waals surface area contributed by atoms with Crippen molar-refractivity contribution in [2.24, 2.45) is 0 Å². The fourth-order valence-corrected chi connectivity index (χ4v) is 2.60. The number of ether oxygens (including phenoxy) is 2. The van der Waals surface area contributed by atoms with Crippen LogP contribution in [0.5, 0.6) is 0 Å². The lowest BCUT2D eigenvalue weighted by Gasteiger charge is -2.06. The smallest absolute Gasteiger partial charge is 0.337 e. The first-order chi connectivity index (χ1) is 10.6. The summed E-state index contributed by atoms with van der Waals surface area (Å²) in [6.45, 7) is 0.438. The molecular weight excluding hydrogens is 304 g/mol. The summed E-state index contributed by atoms with van der Waals surface area (Å²) in [7, 11) is 2.91. The first-order valence-electron chi connectivity index (χ1n) is 6.53. The Bertz CT molecular complexity index is 669. The maximum atomic E-state index is 12.0. The van der Waals surface area contributed by atoms with E-state index >= 15 is 0 Å². The number of benzene rings is 1. The van der Waals surface area contributed by atoms with Gasteiger partial charge in [-0.2, -0.15) is 0 Å². The van der Waals surface area contributed by atoms with Gasteiger partial charge in [0.25, 0.3) is 0 Å². The minimum atomic E-state index is -0.445. The van der Waals surface area contributed by atoms with Gasteiger partial charge in [0.15, 0.2) is 0 Å². The number of anilines is 1. The molecule has 1 heterocycles. The Balaban J connectivity index is 1.97. The number of carbonyl (C=O) groups excluding carboxylic acids is 2. The van der Waals surface area contributed by atoms with Crippen LogP contribution in [0.1, 0.15) is 21.1 Å². The van der Waals surface area contributed by atoms with E-state index in [2.05, 4.69) is 15.0 Å². The molecule has 0 saturated heterocycles. The number of nitrogens with zero attached hydrogens (tertiary/aromatic N) is 1. The zero-order valence-corrected chi connectivity index (χ0v) is 13.1. The molecule has 1 aromatic carbocycles. The lowest BCUT2D eigenvalue weighted by atomic mass is 10.2. The van der Waals surface area contributed by atoms with Gasteiger partial charge in [0.05, 0.1) is 31.4 Å². The van der Waals surface area contributed by atoms with E-state index in [4.69, 9.17) is 4.74 Å². The fraction of sp³-hybridized carbons (Fsp3) is 0.267. The van der Waals surface area contributed by atoms with Gasteiger partial charge in [0.2, 0.25) is 5.91 Å². The Morgan fingerprint density at radius 2 is 2.14 bits per heavy atom. The van der Waals surface area contributed by atoms with Crippen molar-refractivity contribution < 1.29 is 19.1 Å². The number of methoxy groups -OCH3 is 2. The van der Waals surface area contributed by atoms with Gasteiger partial charge >= 0.3 is 5.97 Å². The van der Waals surface area contributed by atoms with E-state index in [9.17, 15) is 9.59 Å². The number of hydrogen-bond donors (Lipinski definition) is 1. The van der Waals surface area contributed by atoms with Crippen molar-refractivity contribution in [3.8, 4) is 0 Å². The molecule has 0 aliphatic rings. The van der Waals surface area contributed by atoms with E-state index in [0.717, 1.165) is 5.01 Å². The SMILES string of the molecule is COCc1nc(CC(=O)Nc2cccc(C(=O)OC)c2)cs1. The second kappa shape index (κ2) is 7.67. The number of nitrogens with one attached hydrogen (secondary N) is 1. The lowest BCUT2D eigenvalue weighted by Crippen LogP contribution is -2.15. The fourth-order valence-electron chi connectivity index (χ4n) is 1.83. The molecule has 1 amide bonds. The van der Waals surface area contributed by atoms with Crippen LogP contribution in [0.2, 0.25) is 0 Å². The summed E-state index contributed by atoms with van der Waals surface area (Å²) in [4.78, 5) is 27.8. The second-order valence-corrected chi connectivity index (χ2v) is 5.41. The van der Waals surface area contributed by atoms with E-state index in [1.807, 2.05) is 5.38 Å². The van der Waals surface area contributed by atoms with Gasteiger partial charge in [-0.3, -0.25) is 4.79 Å². The first-order valence-corrected chi connectivity index (χ1v) is 7.40. The first kappa shape index (κ1) is 16.1. The highest BCUT2D eigenvalue weighted by Crippen LogP contribution is 2.14. The van der Waals surface area contributed by atoms with Crippen molar-refractivity contribution in [2.45, 2.75) is 13.0 Å². The highest BCUT2D eigenvalue weighted by atomic mass is 32.1. The maximum absolute atomic E-state index is 12.0. The molecule has 2 rings (SSSR count). The minimum Gasteiger partial charge on any atom is -0.465 e. The van der Waals surface area contributed by atoms with Crippen LogP contribution in [0.3, 0.4) is 0 Å². The van der Waals surface area contributed by atoms with Gasteiger partial charge in [0, 0.05) is 18.2 Å². The van der Waals surface area contributed by atoms with Crippen LogP contribution in [0.25, 0.3) is 0 Å². The van der Waals surface area contributed by atoms with Crippen molar-refractivity contribution in [1.29, 1.82) is 0 Å². The van der Waals surface area contributed by atoms with Crippen LogP contribution in [-0.2, 0) is 27.3 Å².